The van der Waals surface area contributed by atoms with Gasteiger partial charge in [-0.15, -0.1) is 0 Å². The van der Waals surface area contributed by atoms with E-state index in [9.17, 15) is 0 Å². The first-order valence-corrected chi connectivity index (χ1v) is 21.6. The van der Waals surface area contributed by atoms with Crippen molar-refractivity contribution in [1.29, 1.82) is 0 Å². The fourth-order valence-corrected chi connectivity index (χ4v) is 14.2. The van der Waals surface area contributed by atoms with Crippen molar-refractivity contribution in [2.24, 2.45) is 0 Å². The quantitative estimate of drug-likeness (QED) is 0.421. The van der Waals surface area contributed by atoms with Crippen LogP contribution in [-0.4, -0.2) is 6.88 Å². The summed E-state index contributed by atoms with van der Waals surface area (Å²) < 4.78 is 8.83. The van der Waals surface area contributed by atoms with Gasteiger partial charge in [0.05, 0.1) is 0 Å². The Morgan fingerprint density at radius 2 is 1.90 bits per heavy atom. The number of unbranched alkanes of at least 4 members (excludes halogenated alkanes) is 3. The summed E-state index contributed by atoms with van der Waals surface area (Å²) in [4.78, 5) is 0. The Hall–Kier alpha value is 0.0600. The average Bonchev–Trinajstić information content (AvgIpc) is 3.05. The van der Waals surface area contributed by atoms with Gasteiger partial charge in [0.1, 0.15) is 0 Å². The van der Waals surface area contributed by atoms with E-state index in [4.69, 9.17) is 0 Å². The van der Waals surface area contributed by atoms with Crippen LogP contribution in [0, 0.1) is 0 Å². The summed E-state index contributed by atoms with van der Waals surface area (Å²) in [5.41, 5.74) is 1.62. The molecule has 0 heterocycles. The first-order chi connectivity index (χ1) is 9.42. The fraction of sp³-hybridized carbons (Fsp3) is 0.556. The van der Waals surface area contributed by atoms with Crippen molar-refractivity contribution >= 4 is 6.88 Å². The number of allylic oxidation sites excluding steroid dienone is 8. The molecule has 110 valence electrons. The van der Waals surface area contributed by atoms with E-state index in [2.05, 4.69) is 53.4 Å². The van der Waals surface area contributed by atoms with Crippen LogP contribution in [0.2, 0.25) is 9.26 Å². The van der Waals surface area contributed by atoms with Crippen molar-refractivity contribution in [2.75, 3.05) is 0 Å². The van der Waals surface area contributed by atoms with E-state index in [-0.39, 0.29) is 0 Å². The second-order valence-electron chi connectivity index (χ2n) is 7.47. The summed E-state index contributed by atoms with van der Waals surface area (Å²) in [7, 11) is 0. The van der Waals surface area contributed by atoms with E-state index < -0.39 is 17.4 Å². The van der Waals surface area contributed by atoms with Gasteiger partial charge in [-0.3, -0.25) is 0 Å². The molecule has 0 amide bonds. The number of hydrogen-bond acceptors (Lipinski definition) is 0. The summed E-state index contributed by atoms with van der Waals surface area (Å²) in [6, 6.07) is 0. The molecule has 20 heavy (non-hydrogen) atoms. The van der Waals surface area contributed by atoms with Crippen LogP contribution in [0.5, 0.6) is 0 Å². The van der Waals surface area contributed by atoms with E-state index >= 15 is 0 Å². The van der Waals surface area contributed by atoms with Crippen LogP contribution in [0.4, 0.5) is 0 Å². The molecule has 2 aliphatic carbocycles. The monoisotopic (exact) mass is 364 g/mol. The SMILES string of the molecule is CCCCCCC1=CC[C]([Zr]([CH3])([CH3])(=[SiH2])[C]2=CC=CC2)=C1. The summed E-state index contributed by atoms with van der Waals surface area (Å²) in [5, 5.41) is 0. The molecule has 2 rings (SSSR count). The zero-order chi connectivity index (χ0) is 14.7. The molecule has 0 aromatic carbocycles. The van der Waals surface area contributed by atoms with Crippen LogP contribution in [0.1, 0.15) is 51.9 Å². The number of hydrogen-bond donors (Lipinski definition) is 0. The third-order valence-corrected chi connectivity index (χ3v) is 22.4. The molecule has 0 radical (unpaired) electrons. The summed E-state index contributed by atoms with van der Waals surface area (Å²) in [6.07, 6.45) is 21.4. The minimum absolute atomic E-state index is 1.21. The Morgan fingerprint density at radius 1 is 1.10 bits per heavy atom. The van der Waals surface area contributed by atoms with E-state index in [0.717, 1.165) is 0 Å². The molecule has 0 saturated carbocycles. The van der Waals surface area contributed by atoms with E-state index in [1.807, 2.05) is 3.28 Å². The second kappa shape index (κ2) is 6.44. The third-order valence-electron chi connectivity index (χ3n) is 5.09. The number of rotatable bonds is 7. The van der Waals surface area contributed by atoms with Crippen LogP contribution in [-0.2, 0) is 17.4 Å². The molecule has 0 fully saturated rings. The van der Waals surface area contributed by atoms with Crippen molar-refractivity contribution in [1.82, 2.24) is 0 Å². The first-order valence-electron chi connectivity index (χ1n) is 8.26. The maximum atomic E-state index is 2.62. The molecular formula is C18H30SiZr. The van der Waals surface area contributed by atoms with Gasteiger partial charge in [0.2, 0.25) is 0 Å². The molecule has 2 heteroatoms. The van der Waals surface area contributed by atoms with Gasteiger partial charge in [-0.1, -0.05) is 0 Å². The van der Waals surface area contributed by atoms with E-state index in [0.29, 0.717) is 0 Å². The molecule has 0 aliphatic heterocycles. The molecule has 0 N–H and O–H groups in total. The maximum absolute atomic E-state index is 2.75. The molecule has 0 aromatic rings. The standard InChI is InChI=1S/C11H17.C5H5.2CH3.H2Si.Zr/c1-2-3-4-5-8-11-9-6-7-10-11;1-2-4-5-3-1;;;;/h9-10H,2-6,8H2,1H3;1-3H,4H2;2*1H3;1H2;. The van der Waals surface area contributed by atoms with E-state index in [1.54, 1.807) is 8.85 Å². The van der Waals surface area contributed by atoms with Gasteiger partial charge in [-0.25, -0.2) is 0 Å². The summed E-state index contributed by atoms with van der Waals surface area (Å²) in [5.74, 6) is 0. The van der Waals surface area contributed by atoms with Crippen molar-refractivity contribution in [2.45, 2.75) is 61.1 Å². The summed E-state index contributed by atoms with van der Waals surface area (Å²) in [6.45, 7) is 4.65. The zero-order valence-corrected chi connectivity index (χ0v) is 17.4. The molecule has 0 bridgehead atoms. The third kappa shape index (κ3) is 3.63. The Morgan fingerprint density at radius 3 is 2.55 bits per heavy atom. The van der Waals surface area contributed by atoms with Gasteiger partial charge in [-0.2, -0.15) is 0 Å². The molecule has 0 aromatic heterocycles. The van der Waals surface area contributed by atoms with Crippen LogP contribution in [0.25, 0.3) is 0 Å². The van der Waals surface area contributed by atoms with Crippen LogP contribution in [0.15, 0.2) is 42.5 Å². The van der Waals surface area contributed by atoms with Crippen molar-refractivity contribution in [3.05, 3.63) is 42.5 Å². The molecule has 0 saturated heterocycles. The van der Waals surface area contributed by atoms with Crippen molar-refractivity contribution < 1.29 is 17.4 Å². The van der Waals surface area contributed by atoms with E-state index in [1.165, 1.54) is 44.9 Å². The predicted molar refractivity (Wildman–Crippen MR) is 91.7 cm³/mol. The Balaban J connectivity index is 2.02. The van der Waals surface area contributed by atoms with Gasteiger partial charge >= 0.3 is 128 Å². The molecule has 0 nitrogen and oxygen atoms in total. The second-order valence-corrected chi connectivity index (χ2v) is 36.4. The molecular weight excluding hydrogens is 336 g/mol. The van der Waals surface area contributed by atoms with Gasteiger partial charge in [0.15, 0.2) is 0 Å². The normalized spacial score (nSPS) is 19.1. The van der Waals surface area contributed by atoms with Gasteiger partial charge in [0, 0.05) is 0 Å². The predicted octanol–water partition coefficient (Wildman–Crippen LogP) is 5.35. The molecule has 0 atom stereocenters. The Labute approximate surface area is 127 Å². The molecule has 0 spiro atoms. The fourth-order valence-electron chi connectivity index (χ4n) is 3.32. The Kier molecular flexibility index (Phi) is 5.29. The van der Waals surface area contributed by atoms with Gasteiger partial charge in [0.25, 0.3) is 0 Å². The van der Waals surface area contributed by atoms with Crippen LogP contribution >= 0.6 is 0 Å². The minimum atomic E-state index is -2.75. The molecule has 2 aliphatic rings. The molecule has 0 unspecified atom stereocenters. The first kappa shape index (κ1) is 16.4. The van der Waals surface area contributed by atoms with Gasteiger partial charge in [-0.05, 0) is 0 Å². The van der Waals surface area contributed by atoms with Crippen LogP contribution in [0.3, 0.4) is 0 Å². The average molecular weight is 366 g/mol. The van der Waals surface area contributed by atoms with Crippen molar-refractivity contribution in [3.63, 3.8) is 0 Å². The summed E-state index contributed by atoms with van der Waals surface area (Å²) >= 11 is -2.75. The van der Waals surface area contributed by atoms with Gasteiger partial charge < -0.3 is 0 Å². The zero-order valence-electron chi connectivity index (χ0n) is 13.5. The van der Waals surface area contributed by atoms with Crippen LogP contribution < -0.4 is 0 Å². The van der Waals surface area contributed by atoms with Crippen molar-refractivity contribution in [3.8, 4) is 0 Å². The topological polar surface area (TPSA) is 0 Å². The Bertz CT molecular complexity index is 552.